The molecule has 1 atom stereocenters. The molecule has 8 nitrogen and oxygen atoms in total. The van der Waals surface area contributed by atoms with E-state index < -0.39 is 0 Å². The van der Waals surface area contributed by atoms with Gasteiger partial charge in [0.2, 0.25) is 0 Å². The highest BCUT2D eigenvalue weighted by Crippen LogP contribution is 2.20. The summed E-state index contributed by atoms with van der Waals surface area (Å²) in [5.41, 5.74) is 0.448. The number of Topliss-reactive ketones (excluding diaryl/α,β-unsaturated/α-hetero) is 1. The first-order valence-corrected chi connectivity index (χ1v) is 9.05. The first kappa shape index (κ1) is 18.2. The largest absolute Gasteiger partial charge is 0.449 e. The second-order valence-electron chi connectivity index (χ2n) is 6.55. The Morgan fingerprint density at radius 3 is 2.92 bits per heavy atom. The first-order valence-electron chi connectivity index (χ1n) is 9.05. The second kappa shape index (κ2) is 8.64. The van der Waals surface area contributed by atoms with Crippen molar-refractivity contribution >= 4 is 17.9 Å². The van der Waals surface area contributed by atoms with Crippen LogP contribution in [0.2, 0.25) is 0 Å². The Balaban J connectivity index is 1.47. The van der Waals surface area contributed by atoms with E-state index in [9.17, 15) is 14.4 Å². The van der Waals surface area contributed by atoms with Crippen LogP contribution in [0.1, 0.15) is 29.8 Å². The van der Waals surface area contributed by atoms with E-state index in [1.54, 1.807) is 34.2 Å². The van der Waals surface area contributed by atoms with Crippen LogP contribution in [0.5, 0.6) is 0 Å². The zero-order valence-electron chi connectivity index (χ0n) is 14.7. The summed E-state index contributed by atoms with van der Waals surface area (Å²) < 4.78 is 4.97. The number of piperidine rings is 1. The number of nitrogens with one attached hydrogen (secondary N) is 1. The molecule has 1 N–H and O–H groups in total. The highest BCUT2D eigenvalue weighted by atomic mass is 16.6. The van der Waals surface area contributed by atoms with Gasteiger partial charge in [0.1, 0.15) is 5.69 Å². The Kier molecular flexibility index (Phi) is 6.04. The van der Waals surface area contributed by atoms with Gasteiger partial charge in [0.05, 0.1) is 6.61 Å². The van der Waals surface area contributed by atoms with E-state index in [0.717, 1.165) is 19.3 Å². The summed E-state index contributed by atoms with van der Waals surface area (Å²) in [6, 6.07) is 5.07. The molecule has 0 saturated carbocycles. The summed E-state index contributed by atoms with van der Waals surface area (Å²) >= 11 is 0. The summed E-state index contributed by atoms with van der Waals surface area (Å²) in [6.07, 6.45) is 3.63. The molecule has 1 aromatic heterocycles. The van der Waals surface area contributed by atoms with Crippen molar-refractivity contribution in [3.63, 3.8) is 0 Å². The van der Waals surface area contributed by atoms with Crippen LogP contribution in [0.15, 0.2) is 24.4 Å². The molecule has 2 fully saturated rings. The quantitative estimate of drug-likeness (QED) is 0.804. The van der Waals surface area contributed by atoms with Crippen LogP contribution in [-0.2, 0) is 4.74 Å². The minimum Gasteiger partial charge on any atom is -0.449 e. The van der Waals surface area contributed by atoms with Crippen molar-refractivity contribution in [2.75, 3.05) is 39.3 Å². The molecule has 0 aliphatic carbocycles. The topological polar surface area (TPSA) is 91.8 Å². The van der Waals surface area contributed by atoms with Crippen molar-refractivity contribution in [1.82, 2.24) is 20.1 Å². The van der Waals surface area contributed by atoms with Crippen LogP contribution in [0.3, 0.4) is 0 Å². The highest BCUT2D eigenvalue weighted by molar-refractivity contribution is 5.96. The molecule has 0 aromatic carbocycles. The maximum atomic E-state index is 12.5. The smallest absolute Gasteiger partial charge is 0.409 e. The summed E-state index contributed by atoms with van der Waals surface area (Å²) in [7, 11) is 0. The predicted molar refractivity (Wildman–Crippen MR) is 93.8 cm³/mol. The average Bonchev–Trinajstić information content (AvgIpc) is 2.69. The van der Waals surface area contributed by atoms with E-state index in [1.165, 1.54) is 0 Å². The number of rotatable bonds is 5. The van der Waals surface area contributed by atoms with E-state index >= 15 is 0 Å². The van der Waals surface area contributed by atoms with Crippen molar-refractivity contribution < 1.29 is 19.1 Å². The third-order valence-corrected chi connectivity index (χ3v) is 4.71. The molecule has 3 rings (SSSR count). The standard InChI is InChI=1S/C18H24N4O4/c23-16(15-6-1-2-7-19-15)14-5-3-9-22(13-14)17(24)20-8-11-21-10-4-12-26-18(21)25/h1-2,6-7,14H,3-5,8-13H2,(H,20,24)/t14-/m0/s1. The van der Waals surface area contributed by atoms with Gasteiger partial charge in [-0.05, 0) is 31.4 Å². The molecule has 0 unspecified atom stereocenters. The van der Waals surface area contributed by atoms with Gasteiger partial charge in [-0.2, -0.15) is 0 Å². The number of cyclic esters (lactones) is 1. The van der Waals surface area contributed by atoms with E-state index in [0.29, 0.717) is 45.0 Å². The Morgan fingerprint density at radius 2 is 2.15 bits per heavy atom. The molecule has 0 spiro atoms. The van der Waals surface area contributed by atoms with Crippen molar-refractivity contribution in [3.05, 3.63) is 30.1 Å². The average molecular weight is 360 g/mol. The number of aromatic nitrogens is 1. The van der Waals surface area contributed by atoms with Crippen molar-refractivity contribution in [1.29, 1.82) is 0 Å². The molecular weight excluding hydrogens is 336 g/mol. The predicted octanol–water partition coefficient (Wildman–Crippen LogP) is 1.53. The molecule has 2 aliphatic rings. The summed E-state index contributed by atoms with van der Waals surface area (Å²) in [5.74, 6) is -0.236. The van der Waals surface area contributed by atoms with E-state index in [-0.39, 0.29) is 23.8 Å². The zero-order valence-corrected chi connectivity index (χ0v) is 14.7. The Hall–Kier alpha value is -2.64. The van der Waals surface area contributed by atoms with Gasteiger partial charge in [0.25, 0.3) is 0 Å². The molecule has 2 saturated heterocycles. The second-order valence-corrected chi connectivity index (χ2v) is 6.55. The number of urea groups is 1. The number of ketones is 1. The van der Waals surface area contributed by atoms with Crippen molar-refractivity contribution in [3.8, 4) is 0 Å². The number of carbonyl (C=O) groups is 3. The molecule has 0 radical (unpaired) electrons. The molecule has 1 aromatic rings. The lowest BCUT2D eigenvalue weighted by atomic mass is 9.92. The Labute approximate surface area is 152 Å². The van der Waals surface area contributed by atoms with Gasteiger partial charge in [0, 0.05) is 44.8 Å². The van der Waals surface area contributed by atoms with Crippen LogP contribution in [-0.4, -0.2) is 72.0 Å². The molecule has 26 heavy (non-hydrogen) atoms. The lowest BCUT2D eigenvalue weighted by molar-refractivity contribution is 0.0727. The molecule has 2 aliphatic heterocycles. The third kappa shape index (κ3) is 4.50. The van der Waals surface area contributed by atoms with Crippen molar-refractivity contribution in [2.45, 2.75) is 19.3 Å². The van der Waals surface area contributed by atoms with E-state index in [1.807, 2.05) is 0 Å². The molecule has 3 heterocycles. The fourth-order valence-electron chi connectivity index (χ4n) is 3.30. The molecule has 8 heteroatoms. The van der Waals surface area contributed by atoms with Crippen LogP contribution in [0.25, 0.3) is 0 Å². The summed E-state index contributed by atoms with van der Waals surface area (Å²) in [6.45, 7) is 2.93. The van der Waals surface area contributed by atoms with Gasteiger partial charge < -0.3 is 19.9 Å². The summed E-state index contributed by atoms with van der Waals surface area (Å²) in [5, 5.41) is 2.83. The maximum Gasteiger partial charge on any atom is 0.409 e. The lowest BCUT2D eigenvalue weighted by Crippen LogP contribution is -2.49. The first-order chi connectivity index (χ1) is 12.6. The lowest BCUT2D eigenvalue weighted by Gasteiger charge is -2.32. The fraction of sp³-hybridized carbons (Fsp3) is 0.556. The maximum absolute atomic E-state index is 12.5. The van der Waals surface area contributed by atoms with Crippen LogP contribution >= 0.6 is 0 Å². The van der Waals surface area contributed by atoms with Crippen LogP contribution in [0.4, 0.5) is 9.59 Å². The fourth-order valence-corrected chi connectivity index (χ4v) is 3.30. The van der Waals surface area contributed by atoms with Gasteiger partial charge in [-0.25, -0.2) is 9.59 Å². The Morgan fingerprint density at radius 1 is 1.27 bits per heavy atom. The molecular formula is C18H24N4O4. The van der Waals surface area contributed by atoms with Gasteiger partial charge in [-0.1, -0.05) is 6.07 Å². The number of carbonyl (C=O) groups excluding carboxylic acids is 3. The van der Waals surface area contributed by atoms with Gasteiger partial charge >= 0.3 is 12.1 Å². The number of pyridine rings is 1. The van der Waals surface area contributed by atoms with Gasteiger partial charge in [0.15, 0.2) is 5.78 Å². The van der Waals surface area contributed by atoms with Crippen LogP contribution in [0, 0.1) is 5.92 Å². The van der Waals surface area contributed by atoms with E-state index in [4.69, 9.17) is 4.74 Å². The van der Waals surface area contributed by atoms with E-state index in [2.05, 4.69) is 10.3 Å². The van der Waals surface area contributed by atoms with Gasteiger partial charge in [-0.3, -0.25) is 9.78 Å². The Bertz CT molecular complexity index is 652. The normalized spacial score (nSPS) is 20.5. The molecule has 140 valence electrons. The summed E-state index contributed by atoms with van der Waals surface area (Å²) in [4.78, 5) is 43.9. The zero-order chi connectivity index (χ0) is 18.4. The number of likely N-dealkylation sites (tertiary alicyclic amines) is 1. The SMILES string of the molecule is O=C(c1ccccn1)[C@H]1CCCN(C(=O)NCCN2CCCOC2=O)C1. The van der Waals surface area contributed by atoms with Gasteiger partial charge in [-0.15, -0.1) is 0 Å². The minimum absolute atomic E-state index is 0.0147. The number of nitrogens with zero attached hydrogens (tertiary/aromatic N) is 3. The minimum atomic E-state index is -0.329. The van der Waals surface area contributed by atoms with Crippen LogP contribution < -0.4 is 5.32 Å². The number of amides is 3. The number of ether oxygens (including phenoxy) is 1. The highest BCUT2D eigenvalue weighted by Gasteiger charge is 2.29. The monoisotopic (exact) mass is 360 g/mol. The third-order valence-electron chi connectivity index (χ3n) is 4.71. The number of hydrogen-bond acceptors (Lipinski definition) is 5. The molecule has 0 bridgehead atoms. The number of hydrogen-bond donors (Lipinski definition) is 1. The van der Waals surface area contributed by atoms with Crippen molar-refractivity contribution in [2.24, 2.45) is 5.92 Å². The molecule has 3 amide bonds.